The molecule has 0 radical (unpaired) electrons. The van der Waals surface area contributed by atoms with Crippen molar-refractivity contribution < 1.29 is 4.74 Å². The molecule has 2 rings (SSSR count). The molecule has 0 aliphatic heterocycles. The van der Waals surface area contributed by atoms with E-state index in [0.717, 1.165) is 29.4 Å². The first-order valence-electron chi connectivity index (χ1n) is 5.24. The Morgan fingerprint density at radius 3 is 2.87 bits per heavy atom. The largest absolute Gasteiger partial charge is 0.493 e. The fourth-order valence-electron chi connectivity index (χ4n) is 1.42. The number of nitrogens with one attached hydrogen (secondary N) is 1. The molecule has 0 saturated heterocycles. The quantitative estimate of drug-likeness (QED) is 0.582. The van der Waals surface area contributed by atoms with Crippen LogP contribution in [0.3, 0.4) is 0 Å². The third-order valence-electron chi connectivity index (χ3n) is 2.67. The molecule has 1 aromatic carbocycles. The molecule has 1 aliphatic carbocycles. The van der Waals surface area contributed by atoms with Crippen LogP contribution >= 0.6 is 0 Å². The number of hydrogen-bond acceptors (Lipinski definition) is 2. The number of benzene rings is 1. The standard InChI is InChI=1S/C12H16N2O/c1-8-2-5-10(12(13)14)6-11(8)15-7-9-3-4-9/h2,5-6,9H,3-4,7H2,1H3,(H3,13,14). The van der Waals surface area contributed by atoms with E-state index in [2.05, 4.69) is 0 Å². The molecule has 3 nitrogen and oxygen atoms in total. The van der Waals surface area contributed by atoms with Crippen molar-refractivity contribution >= 4 is 5.84 Å². The summed E-state index contributed by atoms with van der Waals surface area (Å²) in [5.74, 6) is 1.69. The van der Waals surface area contributed by atoms with E-state index in [1.807, 2.05) is 25.1 Å². The Kier molecular flexibility index (Phi) is 2.62. The topological polar surface area (TPSA) is 59.1 Å². The van der Waals surface area contributed by atoms with E-state index in [0.29, 0.717) is 0 Å². The molecule has 15 heavy (non-hydrogen) atoms. The highest BCUT2D eigenvalue weighted by Gasteiger charge is 2.22. The Morgan fingerprint density at radius 2 is 2.27 bits per heavy atom. The highest BCUT2D eigenvalue weighted by molar-refractivity contribution is 5.95. The summed E-state index contributed by atoms with van der Waals surface area (Å²) in [6.07, 6.45) is 2.57. The van der Waals surface area contributed by atoms with Gasteiger partial charge in [-0.3, -0.25) is 5.41 Å². The van der Waals surface area contributed by atoms with Crippen molar-refractivity contribution in [3.63, 3.8) is 0 Å². The van der Waals surface area contributed by atoms with Gasteiger partial charge < -0.3 is 10.5 Å². The predicted octanol–water partition coefficient (Wildman–Crippen LogP) is 2.07. The van der Waals surface area contributed by atoms with Gasteiger partial charge in [-0.15, -0.1) is 0 Å². The molecule has 3 N–H and O–H groups in total. The summed E-state index contributed by atoms with van der Waals surface area (Å²) in [7, 11) is 0. The van der Waals surface area contributed by atoms with Gasteiger partial charge in [-0.2, -0.15) is 0 Å². The highest BCUT2D eigenvalue weighted by atomic mass is 16.5. The second-order valence-electron chi connectivity index (χ2n) is 4.15. The summed E-state index contributed by atoms with van der Waals surface area (Å²) in [6.45, 7) is 2.80. The zero-order valence-corrected chi connectivity index (χ0v) is 8.92. The Hall–Kier alpha value is -1.51. The Balaban J connectivity index is 2.12. The van der Waals surface area contributed by atoms with Crippen LogP contribution in [0.4, 0.5) is 0 Å². The van der Waals surface area contributed by atoms with Crippen LogP contribution in [-0.4, -0.2) is 12.4 Å². The Bertz CT molecular complexity index is 383. The van der Waals surface area contributed by atoms with Crippen LogP contribution in [0, 0.1) is 18.3 Å². The van der Waals surface area contributed by atoms with Crippen LogP contribution in [0.1, 0.15) is 24.0 Å². The molecule has 0 heterocycles. The molecule has 0 atom stereocenters. The molecule has 0 aromatic heterocycles. The smallest absolute Gasteiger partial charge is 0.122 e. The van der Waals surface area contributed by atoms with Gasteiger partial charge in [-0.05, 0) is 37.3 Å². The molecule has 1 aromatic rings. The monoisotopic (exact) mass is 204 g/mol. The summed E-state index contributed by atoms with van der Waals surface area (Å²) in [4.78, 5) is 0. The molecule has 0 spiro atoms. The second kappa shape index (κ2) is 3.93. The van der Waals surface area contributed by atoms with Crippen molar-refractivity contribution in [1.82, 2.24) is 0 Å². The first-order valence-corrected chi connectivity index (χ1v) is 5.24. The normalized spacial score (nSPS) is 15.0. The molecule has 0 unspecified atom stereocenters. The van der Waals surface area contributed by atoms with Crippen molar-refractivity contribution in [2.45, 2.75) is 19.8 Å². The molecular formula is C12H16N2O. The Morgan fingerprint density at radius 1 is 1.53 bits per heavy atom. The first-order chi connectivity index (χ1) is 7.16. The maximum absolute atomic E-state index is 7.35. The lowest BCUT2D eigenvalue weighted by Gasteiger charge is -2.09. The SMILES string of the molecule is Cc1ccc(C(=N)N)cc1OCC1CC1. The number of hydrogen-bond donors (Lipinski definition) is 2. The lowest BCUT2D eigenvalue weighted by molar-refractivity contribution is 0.298. The molecule has 1 aliphatic rings. The second-order valence-corrected chi connectivity index (χ2v) is 4.15. The number of nitrogen functional groups attached to an aromatic ring is 1. The van der Waals surface area contributed by atoms with Crippen LogP contribution in [0.15, 0.2) is 18.2 Å². The van der Waals surface area contributed by atoms with Crippen LogP contribution in [0.2, 0.25) is 0 Å². The van der Waals surface area contributed by atoms with Gasteiger partial charge in [0, 0.05) is 5.56 Å². The van der Waals surface area contributed by atoms with E-state index in [1.54, 1.807) is 0 Å². The zero-order valence-electron chi connectivity index (χ0n) is 8.92. The van der Waals surface area contributed by atoms with Crippen LogP contribution in [0.5, 0.6) is 5.75 Å². The van der Waals surface area contributed by atoms with E-state index in [1.165, 1.54) is 12.8 Å². The molecular weight excluding hydrogens is 188 g/mol. The minimum absolute atomic E-state index is 0.0891. The fraction of sp³-hybridized carbons (Fsp3) is 0.417. The number of amidine groups is 1. The van der Waals surface area contributed by atoms with E-state index in [4.69, 9.17) is 15.9 Å². The average Bonchev–Trinajstić information content (AvgIpc) is 3.00. The average molecular weight is 204 g/mol. The number of aryl methyl sites for hydroxylation is 1. The summed E-state index contributed by atoms with van der Waals surface area (Å²) in [5, 5.41) is 7.35. The predicted molar refractivity (Wildman–Crippen MR) is 60.4 cm³/mol. The van der Waals surface area contributed by atoms with Gasteiger partial charge in [-0.1, -0.05) is 12.1 Å². The molecule has 1 saturated carbocycles. The van der Waals surface area contributed by atoms with Gasteiger partial charge in [0.05, 0.1) is 6.61 Å². The van der Waals surface area contributed by atoms with Crippen molar-refractivity contribution in [1.29, 1.82) is 5.41 Å². The number of nitrogens with two attached hydrogens (primary N) is 1. The van der Waals surface area contributed by atoms with E-state index in [9.17, 15) is 0 Å². The van der Waals surface area contributed by atoms with E-state index >= 15 is 0 Å². The number of rotatable bonds is 4. The molecule has 0 bridgehead atoms. The lowest BCUT2D eigenvalue weighted by atomic mass is 10.1. The van der Waals surface area contributed by atoms with Crippen molar-refractivity contribution in [3.05, 3.63) is 29.3 Å². The highest BCUT2D eigenvalue weighted by Crippen LogP contribution is 2.30. The van der Waals surface area contributed by atoms with Crippen LogP contribution < -0.4 is 10.5 Å². The Labute approximate surface area is 89.8 Å². The molecule has 3 heteroatoms. The minimum atomic E-state index is 0.0891. The summed E-state index contributed by atoms with van der Waals surface area (Å²) in [6, 6.07) is 5.64. The molecule has 0 amide bonds. The molecule has 80 valence electrons. The van der Waals surface area contributed by atoms with E-state index in [-0.39, 0.29) is 5.84 Å². The van der Waals surface area contributed by atoms with Crippen LogP contribution in [-0.2, 0) is 0 Å². The van der Waals surface area contributed by atoms with Crippen molar-refractivity contribution in [2.75, 3.05) is 6.61 Å². The van der Waals surface area contributed by atoms with Gasteiger partial charge in [0.2, 0.25) is 0 Å². The van der Waals surface area contributed by atoms with Gasteiger partial charge in [-0.25, -0.2) is 0 Å². The summed E-state index contributed by atoms with van der Waals surface area (Å²) in [5.41, 5.74) is 7.25. The minimum Gasteiger partial charge on any atom is -0.493 e. The van der Waals surface area contributed by atoms with Gasteiger partial charge in [0.1, 0.15) is 11.6 Å². The zero-order chi connectivity index (χ0) is 10.8. The summed E-state index contributed by atoms with van der Waals surface area (Å²) < 4.78 is 5.70. The third kappa shape index (κ3) is 2.49. The lowest BCUT2D eigenvalue weighted by Crippen LogP contribution is -2.11. The van der Waals surface area contributed by atoms with Crippen molar-refractivity contribution in [3.8, 4) is 5.75 Å². The summed E-state index contributed by atoms with van der Waals surface area (Å²) >= 11 is 0. The van der Waals surface area contributed by atoms with Crippen LogP contribution in [0.25, 0.3) is 0 Å². The number of ether oxygens (including phenoxy) is 1. The van der Waals surface area contributed by atoms with Gasteiger partial charge in [0.25, 0.3) is 0 Å². The van der Waals surface area contributed by atoms with Gasteiger partial charge >= 0.3 is 0 Å². The maximum Gasteiger partial charge on any atom is 0.122 e. The first kappa shape index (κ1) is 10.0. The van der Waals surface area contributed by atoms with Crippen molar-refractivity contribution in [2.24, 2.45) is 11.7 Å². The van der Waals surface area contributed by atoms with Gasteiger partial charge in [0.15, 0.2) is 0 Å². The maximum atomic E-state index is 7.35. The molecule has 1 fully saturated rings. The van der Waals surface area contributed by atoms with E-state index < -0.39 is 0 Å². The fourth-order valence-corrected chi connectivity index (χ4v) is 1.42. The third-order valence-corrected chi connectivity index (χ3v) is 2.67.